The fourth-order valence-electron chi connectivity index (χ4n) is 3.57. The molecule has 0 radical (unpaired) electrons. The molecule has 0 aliphatic heterocycles. The van der Waals surface area contributed by atoms with Crippen molar-refractivity contribution in [2.45, 2.75) is 25.8 Å². The van der Waals surface area contributed by atoms with Crippen LogP contribution in [0, 0.1) is 6.92 Å². The van der Waals surface area contributed by atoms with Gasteiger partial charge < -0.3 is 5.32 Å². The van der Waals surface area contributed by atoms with Crippen LogP contribution in [0.25, 0.3) is 10.6 Å². The Morgan fingerprint density at radius 2 is 1.50 bits per heavy atom. The number of carbonyl (C=O) groups excluding carboxylic acids is 1. The number of hydrogen-bond acceptors (Lipinski definition) is 3. The second-order valence-electron chi connectivity index (χ2n) is 7.31. The zero-order valence-electron chi connectivity index (χ0n) is 16.9. The number of nitrogens with one attached hydrogen (secondary N) is 1. The molecule has 0 saturated carbocycles. The van der Waals surface area contributed by atoms with Crippen LogP contribution in [0.4, 0.5) is 0 Å². The van der Waals surface area contributed by atoms with Crippen LogP contribution >= 0.6 is 11.3 Å². The van der Waals surface area contributed by atoms with E-state index < -0.39 is 0 Å². The Hall–Kier alpha value is -3.24. The summed E-state index contributed by atoms with van der Waals surface area (Å²) in [5.74, 6) is 0.0588. The molecule has 0 aliphatic rings. The minimum atomic E-state index is 0.0261. The highest BCUT2D eigenvalue weighted by atomic mass is 32.1. The first-order valence-corrected chi connectivity index (χ1v) is 11.0. The summed E-state index contributed by atoms with van der Waals surface area (Å²) in [6.07, 6.45) is 0.406. The van der Waals surface area contributed by atoms with Gasteiger partial charge in [-0.25, -0.2) is 4.98 Å². The van der Waals surface area contributed by atoms with Gasteiger partial charge in [-0.1, -0.05) is 84.9 Å². The van der Waals surface area contributed by atoms with Crippen LogP contribution in [0.15, 0.2) is 90.3 Å². The number of amides is 1. The van der Waals surface area contributed by atoms with E-state index in [2.05, 4.69) is 48.6 Å². The van der Waals surface area contributed by atoms with Crippen molar-refractivity contribution in [3.05, 3.63) is 113 Å². The van der Waals surface area contributed by atoms with Gasteiger partial charge in [-0.2, -0.15) is 0 Å². The normalized spacial score (nSPS) is 10.9. The Morgan fingerprint density at radius 1 is 0.900 bits per heavy atom. The van der Waals surface area contributed by atoms with E-state index in [1.807, 2.05) is 53.9 Å². The maximum absolute atomic E-state index is 12.8. The number of aromatic nitrogens is 1. The number of carbonyl (C=O) groups is 1. The summed E-state index contributed by atoms with van der Waals surface area (Å²) >= 11 is 1.61. The molecular formula is C26H24N2OS. The summed E-state index contributed by atoms with van der Waals surface area (Å²) in [6, 6.07) is 28.6. The average molecular weight is 413 g/mol. The smallest absolute Gasteiger partial charge is 0.221 e. The Bertz CT molecular complexity index is 1070. The van der Waals surface area contributed by atoms with Gasteiger partial charge in [0.2, 0.25) is 5.91 Å². The fraction of sp³-hybridized carbons (Fsp3) is 0.154. The molecule has 4 heteroatoms. The first kappa shape index (κ1) is 20.0. The summed E-state index contributed by atoms with van der Waals surface area (Å²) in [5, 5.41) is 6.06. The molecular weight excluding hydrogens is 388 g/mol. The SMILES string of the molecule is Cc1ccccc1-c1nc(CNC(=O)CC(c2ccccc2)c2ccccc2)cs1. The minimum Gasteiger partial charge on any atom is -0.350 e. The molecule has 3 nitrogen and oxygen atoms in total. The maximum atomic E-state index is 12.8. The van der Waals surface area contributed by atoms with Crippen LogP contribution in [-0.4, -0.2) is 10.9 Å². The summed E-state index contributed by atoms with van der Waals surface area (Å²) in [7, 11) is 0. The molecule has 30 heavy (non-hydrogen) atoms. The van der Waals surface area contributed by atoms with E-state index >= 15 is 0 Å². The van der Waals surface area contributed by atoms with Crippen molar-refractivity contribution in [2.24, 2.45) is 0 Å². The van der Waals surface area contributed by atoms with Crippen molar-refractivity contribution < 1.29 is 4.79 Å². The van der Waals surface area contributed by atoms with Crippen LogP contribution in [0.2, 0.25) is 0 Å². The van der Waals surface area contributed by atoms with Crippen LogP contribution in [0.5, 0.6) is 0 Å². The van der Waals surface area contributed by atoms with Gasteiger partial charge in [-0.15, -0.1) is 11.3 Å². The standard InChI is InChI=1S/C26H24N2OS/c1-19-10-8-9-15-23(19)26-28-22(18-30-26)17-27-25(29)16-24(20-11-4-2-5-12-20)21-13-6-3-7-14-21/h2-15,18,24H,16-17H2,1H3,(H,27,29). The molecule has 1 aromatic heterocycles. The minimum absolute atomic E-state index is 0.0261. The zero-order valence-corrected chi connectivity index (χ0v) is 17.7. The van der Waals surface area contributed by atoms with E-state index in [1.54, 1.807) is 11.3 Å². The van der Waals surface area contributed by atoms with E-state index in [0.717, 1.165) is 27.4 Å². The van der Waals surface area contributed by atoms with Gasteiger partial charge in [0.15, 0.2) is 0 Å². The van der Waals surface area contributed by atoms with E-state index in [4.69, 9.17) is 4.98 Å². The van der Waals surface area contributed by atoms with Crippen molar-refractivity contribution in [1.29, 1.82) is 0 Å². The largest absolute Gasteiger partial charge is 0.350 e. The van der Waals surface area contributed by atoms with Gasteiger partial charge in [-0.05, 0) is 23.6 Å². The van der Waals surface area contributed by atoms with E-state index in [0.29, 0.717) is 13.0 Å². The molecule has 0 spiro atoms. The first-order valence-electron chi connectivity index (χ1n) is 10.1. The number of thiazole rings is 1. The van der Waals surface area contributed by atoms with Gasteiger partial charge in [0.05, 0.1) is 12.2 Å². The highest BCUT2D eigenvalue weighted by Crippen LogP contribution is 2.28. The third-order valence-corrected chi connectivity index (χ3v) is 6.11. The Balaban J connectivity index is 1.43. The van der Waals surface area contributed by atoms with Gasteiger partial charge in [0.25, 0.3) is 0 Å². The lowest BCUT2D eigenvalue weighted by Gasteiger charge is -2.17. The lowest BCUT2D eigenvalue weighted by Crippen LogP contribution is -2.25. The molecule has 4 aromatic rings. The number of hydrogen-bond donors (Lipinski definition) is 1. The molecule has 4 rings (SSSR count). The Kier molecular flexibility index (Phi) is 6.35. The molecule has 1 heterocycles. The summed E-state index contributed by atoms with van der Waals surface area (Å²) in [5.41, 5.74) is 5.54. The quantitative estimate of drug-likeness (QED) is 0.407. The monoisotopic (exact) mass is 412 g/mol. The average Bonchev–Trinajstić information content (AvgIpc) is 3.26. The Labute approximate surface area is 181 Å². The lowest BCUT2D eigenvalue weighted by atomic mass is 9.88. The molecule has 0 aliphatic carbocycles. The summed E-state index contributed by atoms with van der Waals surface area (Å²) in [4.78, 5) is 17.5. The van der Waals surface area contributed by atoms with Crippen LogP contribution in [-0.2, 0) is 11.3 Å². The molecule has 150 valence electrons. The fourth-order valence-corrected chi connectivity index (χ4v) is 4.48. The molecule has 0 atom stereocenters. The summed E-state index contributed by atoms with van der Waals surface area (Å²) in [6.45, 7) is 2.53. The van der Waals surface area contributed by atoms with Crippen LogP contribution in [0.1, 0.15) is 34.7 Å². The van der Waals surface area contributed by atoms with Crippen molar-refractivity contribution in [3.63, 3.8) is 0 Å². The van der Waals surface area contributed by atoms with Gasteiger partial charge in [-0.3, -0.25) is 4.79 Å². The molecule has 0 saturated heterocycles. The lowest BCUT2D eigenvalue weighted by molar-refractivity contribution is -0.121. The number of aryl methyl sites for hydroxylation is 1. The van der Waals surface area contributed by atoms with E-state index in [-0.39, 0.29) is 11.8 Å². The maximum Gasteiger partial charge on any atom is 0.221 e. The van der Waals surface area contributed by atoms with E-state index in [9.17, 15) is 4.79 Å². The van der Waals surface area contributed by atoms with Crippen molar-refractivity contribution >= 4 is 17.2 Å². The molecule has 3 aromatic carbocycles. The second-order valence-corrected chi connectivity index (χ2v) is 8.17. The predicted octanol–water partition coefficient (Wildman–Crippen LogP) is 5.96. The number of rotatable bonds is 7. The third-order valence-electron chi connectivity index (χ3n) is 5.19. The molecule has 0 unspecified atom stereocenters. The first-order chi connectivity index (χ1) is 14.7. The molecule has 1 N–H and O–H groups in total. The van der Waals surface area contributed by atoms with Gasteiger partial charge in [0.1, 0.15) is 5.01 Å². The van der Waals surface area contributed by atoms with Gasteiger partial charge >= 0.3 is 0 Å². The van der Waals surface area contributed by atoms with Crippen LogP contribution < -0.4 is 5.32 Å². The Morgan fingerprint density at radius 3 is 2.13 bits per heavy atom. The topological polar surface area (TPSA) is 42.0 Å². The van der Waals surface area contributed by atoms with Crippen molar-refractivity contribution in [1.82, 2.24) is 10.3 Å². The summed E-state index contributed by atoms with van der Waals surface area (Å²) < 4.78 is 0. The van der Waals surface area contributed by atoms with E-state index in [1.165, 1.54) is 5.56 Å². The third kappa shape index (κ3) is 4.84. The molecule has 0 fully saturated rings. The molecule has 1 amide bonds. The highest BCUT2D eigenvalue weighted by Gasteiger charge is 2.18. The number of benzene rings is 3. The highest BCUT2D eigenvalue weighted by molar-refractivity contribution is 7.13. The van der Waals surface area contributed by atoms with Crippen LogP contribution in [0.3, 0.4) is 0 Å². The van der Waals surface area contributed by atoms with Gasteiger partial charge in [0, 0.05) is 23.3 Å². The predicted molar refractivity (Wildman–Crippen MR) is 123 cm³/mol. The second kappa shape index (κ2) is 9.51. The zero-order chi connectivity index (χ0) is 20.8. The van der Waals surface area contributed by atoms with Crippen molar-refractivity contribution in [3.8, 4) is 10.6 Å². The molecule has 0 bridgehead atoms. The van der Waals surface area contributed by atoms with Crippen molar-refractivity contribution in [2.75, 3.05) is 0 Å². The number of nitrogens with zero attached hydrogens (tertiary/aromatic N) is 1.